The molecule has 1 aliphatic rings. The van der Waals surface area contributed by atoms with Gasteiger partial charge in [-0.3, -0.25) is 5.43 Å². The topological polar surface area (TPSA) is 61.4 Å². The Morgan fingerprint density at radius 2 is 1.74 bits per heavy atom. The number of hydrazine groups is 1. The zero-order valence-corrected chi connectivity index (χ0v) is 17.2. The van der Waals surface area contributed by atoms with Crippen molar-refractivity contribution in [2.45, 2.75) is 25.3 Å². The van der Waals surface area contributed by atoms with E-state index >= 15 is 0 Å². The van der Waals surface area contributed by atoms with Crippen molar-refractivity contribution < 1.29 is 23.7 Å². The van der Waals surface area contributed by atoms with Gasteiger partial charge in [0.05, 0.1) is 34.5 Å². The molecule has 1 heterocycles. The number of methoxy groups -OCH3 is 5. The molecule has 0 bridgehead atoms. The standard InChI is InChI=1S/C20H34N2O5/c1-23-13-16(12-21-22-8-6-7-17(22)14-24-2)9-15-10-18(25-3)20(27-5)19(11-15)26-4/h10-11,16-17,21H,6-9,12-14H2,1-5H3/t16-,17+/m1/s1. The molecule has 1 fully saturated rings. The molecule has 0 saturated carbocycles. The SMILES string of the molecule is COC[C@@H](CNN1CCC[C@H]1COC)Cc1cc(OC)c(OC)c(OC)c1. The minimum absolute atomic E-state index is 0.321. The molecule has 1 aromatic carbocycles. The summed E-state index contributed by atoms with van der Waals surface area (Å²) in [5.74, 6) is 2.29. The summed E-state index contributed by atoms with van der Waals surface area (Å²) in [4.78, 5) is 0. The van der Waals surface area contributed by atoms with Crippen molar-refractivity contribution >= 4 is 0 Å². The maximum atomic E-state index is 5.47. The van der Waals surface area contributed by atoms with Crippen molar-refractivity contribution in [3.8, 4) is 17.2 Å². The third-order valence-electron chi connectivity index (χ3n) is 4.97. The molecule has 154 valence electrons. The smallest absolute Gasteiger partial charge is 0.203 e. The first-order valence-electron chi connectivity index (χ1n) is 9.43. The van der Waals surface area contributed by atoms with E-state index in [1.54, 1.807) is 35.5 Å². The molecule has 0 unspecified atom stereocenters. The van der Waals surface area contributed by atoms with Gasteiger partial charge < -0.3 is 23.7 Å². The van der Waals surface area contributed by atoms with Crippen LogP contribution in [-0.4, -0.2) is 72.9 Å². The molecule has 27 heavy (non-hydrogen) atoms. The lowest BCUT2D eigenvalue weighted by Crippen LogP contribution is -2.46. The first-order valence-corrected chi connectivity index (χ1v) is 9.43. The zero-order chi connectivity index (χ0) is 19.6. The molecule has 0 amide bonds. The van der Waals surface area contributed by atoms with Gasteiger partial charge in [0.1, 0.15) is 0 Å². The minimum atomic E-state index is 0.321. The first-order chi connectivity index (χ1) is 13.2. The second-order valence-corrected chi connectivity index (χ2v) is 6.87. The predicted octanol–water partition coefficient (Wildman–Crippen LogP) is 2.13. The molecule has 0 aliphatic carbocycles. The Morgan fingerprint density at radius 1 is 1.04 bits per heavy atom. The normalized spacial score (nSPS) is 18.5. The quantitative estimate of drug-likeness (QED) is 0.594. The molecule has 7 heteroatoms. The number of nitrogens with one attached hydrogen (secondary N) is 1. The summed E-state index contributed by atoms with van der Waals surface area (Å²) in [6, 6.07) is 4.46. The van der Waals surface area contributed by atoms with E-state index < -0.39 is 0 Å². The fourth-order valence-electron chi connectivity index (χ4n) is 3.67. The second-order valence-electron chi connectivity index (χ2n) is 6.87. The predicted molar refractivity (Wildman–Crippen MR) is 105 cm³/mol. The molecule has 7 nitrogen and oxygen atoms in total. The number of nitrogens with zero attached hydrogens (tertiary/aromatic N) is 1. The first kappa shape index (κ1) is 21.8. The Hall–Kier alpha value is -1.54. The van der Waals surface area contributed by atoms with Crippen LogP contribution in [0.1, 0.15) is 18.4 Å². The highest BCUT2D eigenvalue weighted by Crippen LogP contribution is 2.38. The van der Waals surface area contributed by atoms with Gasteiger partial charge >= 0.3 is 0 Å². The summed E-state index contributed by atoms with van der Waals surface area (Å²) in [6.45, 7) is 3.32. The third kappa shape index (κ3) is 5.97. The molecule has 1 aliphatic heterocycles. The zero-order valence-electron chi connectivity index (χ0n) is 17.2. The van der Waals surface area contributed by atoms with Gasteiger partial charge in [-0.25, -0.2) is 5.01 Å². The van der Waals surface area contributed by atoms with Crippen molar-refractivity contribution in [3.63, 3.8) is 0 Å². The van der Waals surface area contributed by atoms with Crippen molar-refractivity contribution in [1.29, 1.82) is 0 Å². The van der Waals surface area contributed by atoms with Crippen molar-refractivity contribution in [2.75, 3.05) is 61.9 Å². The number of hydrogen-bond donors (Lipinski definition) is 1. The maximum Gasteiger partial charge on any atom is 0.203 e. The molecule has 1 aromatic rings. The van der Waals surface area contributed by atoms with Gasteiger partial charge in [-0.05, 0) is 37.0 Å². The lowest BCUT2D eigenvalue weighted by Gasteiger charge is -2.27. The number of ether oxygens (including phenoxy) is 5. The Kier molecular flexibility index (Phi) is 9.14. The summed E-state index contributed by atoms with van der Waals surface area (Å²) in [6.07, 6.45) is 3.21. The average Bonchev–Trinajstić information content (AvgIpc) is 3.12. The van der Waals surface area contributed by atoms with Gasteiger partial charge in [0, 0.05) is 39.3 Å². The Morgan fingerprint density at radius 3 is 2.30 bits per heavy atom. The molecule has 1 N–H and O–H groups in total. The largest absolute Gasteiger partial charge is 0.493 e. The van der Waals surface area contributed by atoms with E-state index in [2.05, 4.69) is 10.4 Å². The van der Waals surface area contributed by atoms with Crippen molar-refractivity contribution in [3.05, 3.63) is 17.7 Å². The Labute approximate surface area is 162 Å². The third-order valence-corrected chi connectivity index (χ3v) is 4.97. The van der Waals surface area contributed by atoms with Crippen LogP contribution in [0.5, 0.6) is 17.2 Å². The van der Waals surface area contributed by atoms with Gasteiger partial charge in [0.2, 0.25) is 5.75 Å². The molecule has 1 saturated heterocycles. The number of benzene rings is 1. The molecule has 2 rings (SSSR count). The van der Waals surface area contributed by atoms with Crippen LogP contribution in [0.15, 0.2) is 12.1 Å². The summed E-state index contributed by atoms with van der Waals surface area (Å²) < 4.78 is 27.1. The van der Waals surface area contributed by atoms with E-state index in [9.17, 15) is 0 Å². The van der Waals surface area contributed by atoms with Crippen LogP contribution in [0.3, 0.4) is 0 Å². The lowest BCUT2D eigenvalue weighted by atomic mass is 9.99. The van der Waals surface area contributed by atoms with Crippen molar-refractivity contribution in [2.24, 2.45) is 5.92 Å². The van der Waals surface area contributed by atoms with Gasteiger partial charge in [-0.1, -0.05) is 0 Å². The van der Waals surface area contributed by atoms with Gasteiger partial charge in [0.15, 0.2) is 11.5 Å². The second kappa shape index (κ2) is 11.3. The molecule has 0 spiro atoms. The highest BCUT2D eigenvalue weighted by atomic mass is 16.5. The summed E-state index contributed by atoms with van der Waals surface area (Å²) in [5.41, 5.74) is 4.72. The molecular formula is C20H34N2O5. The summed E-state index contributed by atoms with van der Waals surface area (Å²) in [5, 5.41) is 2.31. The molecule has 2 atom stereocenters. The monoisotopic (exact) mass is 382 g/mol. The maximum absolute atomic E-state index is 5.47. The van der Waals surface area contributed by atoms with E-state index in [1.807, 2.05) is 12.1 Å². The fourth-order valence-corrected chi connectivity index (χ4v) is 3.67. The van der Waals surface area contributed by atoms with E-state index in [1.165, 1.54) is 12.8 Å². The molecular weight excluding hydrogens is 348 g/mol. The van der Waals surface area contributed by atoms with Crippen LogP contribution in [0.4, 0.5) is 0 Å². The van der Waals surface area contributed by atoms with Crippen LogP contribution in [0.25, 0.3) is 0 Å². The highest BCUT2D eigenvalue weighted by molar-refractivity contribution is 5.53. The van der Waals surface area contributed by atoms with E-state index in [-0.39, 0.29) is 0 Å². The Bertz CT molecular complexity index is 544. The fraction of sp³-hybridized carbons (Fsp3) is 0.700. The summed E-state index contributed by atoms with van der Waals surface area (Å²) in [7, 11) is 8.39. The Balaban J connectivity index is 2.04. The minimum Gasteiger partial charge on any atom is -0.493 e. The average molecular weight is 383 g/mol. The highest BCUT2D eigenvalue weighted by Gasteiger charge is 2.25. The molecule has 0 aromatic heterocycles. The molecule has 0 radical (unpaired) electrons. The van der Waals surface area contributed by atoms with E-state index in [0.717, 1.165) is 31.7 Å². The van der Waals surface area contributed by atoms with E-state index in [0.29, 0.717) is 35.8 Å². The van der Waals surface area contributed by atoms with Gasteiger partial charge in [0.25, 0.3) is 0 Å². The lowest BCUT2D eigenvalue weighted by molar-refractivity contribution is 0.0699. The van der Waals surface area contributed by atoms with E-state index in [4.69, 9.17) is 23.7 Å². The van der Waals surface area contributed by atoms with Crippen LogP contribution >= 0.6 is 0 Å². The van der Waals surface area contributed by atoms with Crippen molar-refractivity contribution in [1.82, 2.24) is 10.4 Å². The van der Waals surface area contributed by atoms with Crippen LogP contribution in [0.2, 0.25) is 0 Å². The van der Waals surface area contributed by atoms with Gasteiger partial charge in [-0.15, -0.1) is 0 Å². The van der Waals surface area contributed by atoms with Crippen LogP contribution < -0.4 is 19.6 Å². The number of rotatable bonds is 12. The van der Waals surface area contributed by atoms with Crippen LogP contribution in [0, 0.1) is 5.92 Å². The van der Waals surface area contributed by atoms with Gasteiger partial charge in [-0.2, -0.15) is 0 Å². The summed E-state index contributed by atoms with van der Waals surface area (Å²) >= 11 is 0. The number of hydrogen-bond acceptors (Lipinski definition) is 7. The van der Waals surface area contributed by atoms with Crippen LogP contribution in [-0.2, 0) is 15.9 Å².